The van der Waals surface area contributed by atoms with Crippen LogP contribution in [-0.2, 0) is 0 Å². The minimum atomic E-state index is -0.647. The van der Waals surface area contributed by atoms with Crippen LogP contribution in [0.4, 0.5) is 0 Å². The first-order chi connectivity index (χ1) is 6.19. The Bertz CT molecular complexity index is 291. The van der Waals surface area contributed by atoms with Gasteiger partial charge >= 0.3 is 0 Å². The van der Waals surface area contributed by atoms with E-state index >= 15 is 0 Å². The van der Waals surface area contributed by atoms with Crippen LogP contribution in [0.15, 0.2) is 23.1 Å². The van der Waals surface area contributed by atoms with Gasteiger partial charge in [0, 0.05) is 11.4 Å². The second kappa shape index (κ2) is 4.50. The lowest BCUT2D eigenvalue weighted by molar-refractivity contribution is 0.186. The monoisotopic (exact) mass is 199 g/mol. The summed E-state index contributed by atoms with van der Waals surface area (Å²) in [5, 5.41) is 18.8. The SMILES string of the molecule is CSc1cc(C(O)CN)ccc1O. The number of rotatable bonds is 3. The molecule has 0 saturated carbocycles. The first-order valence-corrected chi connectivity index (χ1v) is 5.16. The van der Waals surface area contributed by atoms with Gasteiger partial charge in [-0.1, -0.05) is 6.07 Å². The van der Waals surface area contributed by atoms with Gasteiger partial charge in [0.05, 0.1) is 6.10 Å². The van der Waals surface area contributed by atoms with Crippen molar-refractivity contribution in [3.8, 4) is 5.75 Å². The van der Waals surface area contributed by atoms with Crippen LogP contribution in [0.5, 0.6) is 5.75 Å². The van der Waals surface area contributed by atoms with E-state index in [9.17, 15) is 10.2 Å². The molecule has 0 heterocycles. The maximum atomic E-state index is 9.42. The highest BCUT2D eigenvalue weighted by Gasteiger charge is 2.07. The molecule has 0 bridgehead atoms. The highest BCUT2D eigenvalue weighted by molar-refractivity contribution is 7.98. The van der Waals surface area contributed by atoms with Gasteiger partial charge in [-0.15, -0.1) is 11.8 Å². The molecule has 0 aliphatic carbocycles. The first-order valence-electron chi connectivity index (χ1n) is 3.94. The van der Waals surface area contributed by atoms with E-state index in [-0.39, 0.29) is 12.3 Å². The third-order valence-electron chi connectivity index (χ3n) is 1.81. The number of aliphatic hydroxyl groups excluding tert-OH is 1. The van der Waals surface area contributed by atoms with Crippen LogP contribution in [0.2, 0.25) is 0 Å². The second-order valence-corrected chi connectivity index (χ2v) is 3.53. The molecule has 0 aromatic heterocycles. The summed E-state index contributed by atoms with van der Waals surface area (Å²) in [5.41, 5.74) is 6.05. The normalized spacial score (nSPS) is 12.8. The molecule has 1 unspecified atom stereocenters. The number of hydrogen-bond donors (Lipinski definition) is 3. The lowest BCUT2D eigenvalue weighted by Gasteiger charge is -2.09. The molecule has 3 nitrogen and oxygen atoms in total. The van der Waals surface area contributed by atoms with E-state index in [1.54, 1.807) is 18.2 Å². The quantitative estimate of drug-likeness (QED) is 0.638. The summed E-state index contributed by atoms with van der Waals surface area (Å²) in [6.45, 7) is 0.193. The summed E-state index contributed by atoms with van der Waals surface area (Å²) in [6.07, 6.45) is 1.22. The summed E-state index contributed by atoms with van der Waals surface area (Å²) >= 11 is 1.44. The Morgan fingerprint density at radius 1 is 1.54 bits per heavy atom. The Morgan fingerprint density at radius 3 is 2.77 bits per heavy atom. The van der Waals surface area contributed by atoms with Crippen LogP contribution in [0.25, 0.3) is 0 Å². The molecule has 0 aliphatic rings. The van der Waals surface area contributed by atoms with E-state index in [0.717, 1.165) is 10.5 Å². The fourth-order valence-corrected chi connectivity index (χ4v) is 1.57. The Morgan fingerprint density at radius 2 is 2.23 bits per heavy atom. The van der Waals surface area contributed by atoms with Crippen LogP contribution in [0.1, 0.15) is 11.7 Å². The maximum Gasteiger partial charge on any atom is 0.129 e. The zero-order valence-electron chi connectivity index (χ0n) is 7.40. The van der Waals surface area contributed by atoms with Crippen molar-refractivity contribution in [2.75, 3.05) is 12.8 Å². The van der Waals surface area contributed by atoms with E-state index in [4.69, 9.17) is 5.73 Å². The summed E-state index contributed by atoms with van der Waals surface area (Å²) < 4.78 is 0. The van der Waals surface area contributed by atoms with Crippen LogP contribution in [-0.4, -0.2) is 23.0 Å². The molecule has 4 N–H and O–H groups in total. The van der Waals surface area contributed by atoms with Crippen LogP contribution >= 0.6 is 11.8 Å². The summed E-state index contributed by atoms with van der Waals surface area (Å²) in [6, 6.07) is 4.99. The van der Waals surface area contributed by atoms with Crippen molar-refractivity contribution in [2.45, 2.75) is 11.0 Å². The highest BCUT2D eigenvalue weighted by atomic mass is 32.2. The number of thioether (sulfide) groups is 1. The van der Waals surface area contributed by atoms with Crippen molar-refractivity contribution in [1.29, 1.82) is 0 Å². The maximum absolute atomic E-state index is 9.42. The van der Waals surface area contributed by atoms with Crippen molar-refractivity contribution < 1.29 is 10.2 Å². The molecule has 0 radical (unpaired) electrons. The molecular weight excluding hydrogens is 186 g/mol. The fraction of sp³-hybridized carbons (Fsp3) is 0.333. The van der Waals surface area contributed by atoms with E-state index in [2.05, 4.69) is 0 Å². The number of phenols is 1. The van der Waals surface area contributed by atoms with E-state index in [0.29, 0.717) is 0 Å². The molecule has 1 aromatic carbocycles. The molecule has 72 valence electrons. The zero-order chi connectivity index (χ0) is 9.84. The molecule has 0 aliphatic heterocycles. The van der Waals surface area contributed by atoms with Gasteiger partial charge < -0.3 is 15.9 Å². The van der Waals surface area contributed by atoms with Gasteiger partial charge in [0.15, 0.2) is 0 Å². The third kappa shape index (κ3) is 2.37. The van der Waals surface area contributed by atoms with Crippen molar-refractivity contribution in [1.82, 2.24) is 0 Å². The first kappa shape index (κ1) is 10.4. The second-order valence-electron chi connectivity index (χ2n) is 2.68. The van der Waals surface area contributed by atoms with Gasteiger partial charge in [0.2, 0.25) is 0 Å². The summed E-state index contributed by atoms with van der Waals surface area (Å²) in [4.78, 5) is 0.755. The minimum absolute atomic E-state index is 0.193. The Labute approximate surface area is 81.6 Å². The predicted octanol–water partition coefficient (Wildman–Crippen LogP) is 1.11. The summed E-state index contributed by atoms with van der Waals surface area (Å²) in [7, 11) is 0. The van der Waals surface area contributed by atoms with Gasteiger partial charge in [-0.3, -0.25) is 0 Å². The average Bonchev–Trinajstić information content (AvgIpc) is 2.17. The molecule has 1 aromatic rings. The smallest absolute Gasteiger partial charge is 0.129 e. The van der Waals surface area contributed by atoms with Crippen molar-refractivity contribution in [2.24, 2.45) is 5.73 Å². The molecule has 4 heteroatoms. The number of phenolic OH excluding ortho intramolecular Hbond substituents is 1. The van der Waals surface area contributed by atoms with Crippen molar-refractivity contribution >= 4 is 11.8 Å². The van der Waals surface area contributed by atoms with Crippen molar-refractivity contribution in [3.05, 3.63) is 23.8 Å². The lowest BCUT2D eigenvalue weighted by Crippen LogP contribution is -2.11. The number of nitrogens with two attached hydrogens (primary N) is 1. The Balaban J connectivity index is 2.99. The Kier molecular flexibility index (Phi) is 3.59. The number of aliphatic hydroxyl groups is 1. The number of benzene rings is 1. The fourth-order valence-electron chi connectivity index (χ4n) is 1.04. The zero-order valence-corrected chi connectivity index (χ0v) is 8.21. The number of aromatic hydroxyl groups is 1. The van der Waals surface area contributed by atoms with Gasteiger partial charge in [-0.2, -0.15) is 0 Å². The summed E-state index contributed by atoms with van der Waals surface area (Å²) in [5.74, 6) is 0.237. The van der Waals surface area contributed by atoms with Gasteiger partial charge in [0.25, 0.3) is 0 Å². The highest BCUT2D eigenvalue weighted by Crippen LogP contribution is 2.29. The lowest BCUT2D eigenvalue weighted by atomic mass is 10.1. The largest absolute Gasteiger partial charge is 0.507 e. The number of hydrogen-bond acceptors (Lipinski definition) is 4. The molecule has 0 spiro atoms. The minimum Gasteiger partial charge on any atom is -0.507 e. The standard InChI is InChI=1S/C9H13NO2S/c1-13-9-4-6(8(12)5-10)2-3-7(9)11/h2-4,8,11-12H,5,10H2,1H3. The van der Waals surface area contributed by atoms with Gasteiger partial charge in [-0.05, 0) is 24.0 Å². The molecular formula is C9H13NO2S. The third-order valence-corrected chi connectivity index (χ3v) is 2.58. The topological polar surface area (TPSA) is 66.5 Å². The average molecular weight is 199 g/mol. The van der Waals surface area contributed by atoms with E-state index < -0.39 is 6.10 Å². The van der Waals surface area contributed by atoms with E-state index in [1.807, 2.05) is 6.26 Å². The van der Waals surface area contributed by atoms with Gasteiger partial charge in [-0.25, -0.2) is 0 Å². The van der Waals surface area contributed by atoms with Crippen molar-refractivity contribution in [3.63, 3.8) is 0 Å². The molecule has 0 fully saturated rings. The Hall–Kier alpha value is -0.710. The molecule has 1 atom stereocenters. The van der Waals surface area contributed by atoms with E-state index in [1.165, 1.54) is 11.8 Å². The van der Waals surface area contributed by atoms with Crippen LogP contribution in [0.3, 0.4) is 0 Å². The van der Waals surface area contributed by atoms with Crippen LogP contribution in [0, 0.1) is 0 Å². The molecule has 13 heavy (non-hydrogen) atoms. The van der Waals surface area contributed by atoms with Gasteiger partial charge in [0.1, 0.15) is 5.75 Å². The predicted molar refractivity (Wildman–Crippen MR) is 53.9 cm³/mol. The van der Waals surface area contributed by atoms with Crippen LogP contribution < -0.4 is 5.73 Å². The molecule has 1 rings (SSSR count). The molecule has 0 amide bonds. The molecule has 0 saturated heterocycles.